The van der Waals surface area contributed by atoms with Crippen molar-refractivity contribution < 1.29 is 9.32 Å². The molecule has 19 heavy (non-hydrogen) atoms. The zero-order valence-corrected chi connectivity index (χ0v) is 11.3. The van der Waals surface area contributed by atoms with Gasteiger partial charge >= 0.3 is 0 Å². The molecule has 2 aromatic heterocycles. The number of hydrogen-bond acceptors (Lipinski definition) is 4. The van der Waals surface area contributed by atoms with Crippen molar-refractivity contribution in [3.05, 3.63) is 47.1 Å². The Hall–Kier alpha value is -2.17. The molecule has 0 radical (unpaired) electrons. The third-order valence-corrected chi connectivity index (χ3v) is 2.80. The van der Waals surface area contributed by atoms with Gasteiger partial charge in [0.25, 0.3) is 5.91 Å². The highest BCUT2D eigenvalue weighted by atomic mass is 16.5. The molecule has 5 nitrogen and oxygen atoms in total. The second-order valence-corrected chi connectivity index (χ2v) is 4.67. The topological polar surface area (TPSA) is 68.0 Å². The van der Waals surface area contributed by atoms with E-state index in [0.29, 0.717) is 23.6 Å². The van der Waals surface area contributed by atoms with Crippen LogP contribution in [0.2, 0.25) is 0 Å². The Balaban J connectivity index is 2.10. The molecule has 0 unspecified atom stereocenters. The maximum absolute atomic E-state index is 12.2. The summed E-state index contributed by atoms with van der Waals surface area (Å²) in [6.45, 7) is 6.10. The van der Waals surface area contributed by atoms with Gasteiger partial charge in [0.2, 0.25) is 0 Å². The minimum absolute atomic E-state index is 0.122. The molecule has 2 aromatic rings. The van der Waals surface area contributed by atoms with Crippen molar-refractivity contribution >= 4 is 5.91 Å². The van der Waals surface area contributed by atoms with Crippen molar-refractivity contribution in [2.24, 2.45) is 0 Å². The molecule has 0 aromatic carbocycles. The molecular formula is C14H17N3O2. The lowest BCUT2D eigenvalue weighted by atomic mass is 10.0. The summed E-state index contributed by atoms with van der Waals surface area (Å²) in [6.07, 6.45) is 1.70. The van der Waals surface area contributed by atoms with Crippen molar-refractivity contribution in [3.8, 4) is 0 Å². The van der Waals surface area contributed by atoms with Crippen LogP contribution in [0.4, 0.5) is 0 Å². The molecule has 0 saturated heterocycles. The Morgan fingerprint density at radius 2 is 2.21 bits per heavy atom. The van der Waals surface area contributed by atoms with Gasteiger partial charge in [0.1, 0.15) is 5.56 Å². The molecule has 0 spiro atoms. The fraction of sp³-hybridized carbons (Fsp3) is 0.357. The molecule has 0 bridgehead atoms. The predicted molar refractivity (Wildman–Crippen MR) is 70.7 cm³/mol. The largest absolute Gasteiger partial charge is 0.360 e. The van der Waals surface area contributed by atoms with Gasteiger partial charge in [-0.1, -0.05) is 25.1 Å². The van der Waals surface area contributed by atoms with Gasteiger partial charge in [-0.2, -0.15) is 0 Å². The Kier molecular flexibility index (Phi) is 3.94. The lowest BCUT2D eigenvalue weighted by Crippen LogP contribution is -2.24. The van der Waals surface area contributed by atoms with E-state index in [9.17, 15) is 4.79 Å². The molecule has 2 rings (SSSR count). The number of hydrogen-bond donors (Lipinski definition) is 1. The fourth-order valence-corrected chi connectivity index (χ4v) is 1.82. The smallest absolute Gasteiger partial charge is 0.257 e. The standard InChI is InChI=1S/C14H17N3O2/c1-9(2)13-12(10(3)17-19-13)14(18)16-8-11-6-4-5-7-15-11/h4-7,9H,8H2,1-3H3,(H,16,18). The average Bonchev–Trinajstić information content (AvgIpc) is 2.79. The molecule has 0 aliphatic heterocycles. The van der Waals surface area contributed by atoms with Gasteiger partial charge in [-0.05, 0) is 19.1 Å². The first-order valence-electron chi connectivity index (χ1n) is 6.24. The number of nitrogens with one attached hydrogen (secondary N) is 1. The van der Waals surface area contributed by atoms with E-state index in [1.165, 1.54) is 0 Å². The van der Waals surface area contributed by atoms with E-state index in [0.717, 1.165) is 5.69 Å². The van der Waals surface area contributed by atoms with Gasteiger partial charge in [-0.15, -0.1) is 0 Å². The summed E-state index contributed by atoms with van der Waals surface area (Å²) in [5, 5.41) is 6.70. The van der Waals surface area contributed by atoms with Crippen LogP contribution in [0.3, 0.4) is 0 Å². The highest BCUT2D eigenvalue weighted by Crippen LogP contribution is 2.22. The SMILES string of the molecule is Cc1noc(C(C)C)c1C(=O)NCc1ccccn1. The first-order valence-corrected chi connectivity index (χ1v) is 6.24. The second kappa shape index (κ2) is 5.65. The van der Waals surface area contributed by atoms with Gasteiger partial charge in [0.15, 0.2) is 5.76 Å². The number of pyridine rings is 1. The van der Waals surface area contributed by atoms with E-state index in [-0.39, 0.29) is 11.8 Å². The number of nitrogens with zero attached hydrogens (tertiary/aromatic N) is 2. The van der Waals surface area contributed by atoms with Crippen LogP contribution in [0.5, 0.6) is 0 Å². The fourth-order valence-electron chi connectivity index (χ4n) is 1.82. The molecule has 1 amide bonds. The zero-order chi connectivity index (χ0) is 13.8. The number of carbonyl (C=O) groups is 1. The van der Waals surface area contributed by atoms with Crippen LogP contribution in [0, 0.1) is 6.92 Å². The van der Waals surface area contributed by atoms with E-state index in [4.69, 9.17) is 4.52 Å². The van der Waals surface area contributed by atoms with Gasteiger partial charge in [0, 0.05) is 12.1 Å². The molecule has 2 heterocycles. The summed E-state index contributed by atoms with van der Waals surface area (Å²) in [7, 11) is 0. The summed E-state index contributed by atoms with van der Waals surface area (Å²) in [5.74, 6) is 0.570. The van der Waals surface area contributed by atoms with Crippen LogP contribution in [0.25, 0.3) is 0 Å². The van der Waals surface area contributed by atoms with Crippen LogP contribution in [0.15, 0.2) is 28.9 Å². The number of carbonyl (C=O) groups excluding carboxylic acids is 1. The van der Waals surface area contributed by atoms with Crippen LogP contribution >= 0.6 is 0 Å². The molecule has 0 saturated carbocycles. The van der Waals surface area contributed by atoms with Crippen molar-refractivity contribution in [1.29, 1.82) is 0 Å². The van der Waals surface area contributed by atoms with E-state index in [1.807, 2.05) is 32.0 Å². The third-order valence-electron chi connectivity index (χ3n) is 2.80. The summed E-state index contributed by atoms with van der Waals surface area (Å²) >= 11 is 0. The first-order chi connectivity index (χ1) is 9.09. The quantitative estimate of drug-likeness (QED) is 0.915. The van der Waals surface area contributed by atoms with E-state index in [1.54, 1.807) is 13.1 Å². The minimum atomic E-state index is -0.173. The maximum Gasteiger partial charge on any atom is 0.257 e. The minimum Gasteiger partial charge on any atom is -0.360 e. The number of rotatable bonds is 4. The van der Waals surface area contributed by atoms with Crippen LogP contribution in [-0.4, -0.2) is 16.0 Å². The number of amides is 1. The number of aryl methyl sites for hydroxylation is 1. The predicted octanol–water partition coefficient (Wildman–Crippen LogP) is 2.43. The van der Waals surface area contributed by atoms with Crippen molar-refractivity contribution in [2.45, 2.75) is 33.2 Å². The monoisotopic (exact) mass is 259 g/mol. The molecule has 5 heteroatoms. The Labute approximate surface area is 112 Å². The van der Waals surface area contributed by atoms with Crippen LogP contribution in [-0.2, 0) is 6.54 Å². The van der Waals surface area contributed by atoms with Crippen LogP contribution < -0.4 is 5.32 Å². The average molecular weight is 259 g/mol. The van der Waals surface area contributed by atoms with Crippen molar-refractivity contribution in [2.75, 3.05) is 0 Å². The van der Waals surface area contributed by atoms with Crippen molar-refractivity contribution in [3.63, 3.8) is 0 Å². The van der Waals surface area contributed by atoms with E-state index < -0.39 is 0 Å². The maximum atomic E-state index is 12.2. The molecular weight excluding hydrogens is 242 g/mol. The summed E-state index contributed by atoms with van der Waals surface area (Å²) in [6, 6.07) is 5.59. The molecule has 0 fully saturated rings. The van der Waals surface area contributed by atoms with E-state index >= 15 is 0 Å². The molecule has 0 aliphatic carbocycles. The van der Waals surface area contributed by atoms with Gasteiger partial charge in [-0.25, -0.2) is 0 Å². The van der Waals surface area contributed by atoms with Gasteiger partial charge < -0.3 is 9.84 Å². The summed E-state index contributed by atoms with van der Waals surface area (Å²) in [4.78, 5) is 16.3. The molecule has 0 atom stereocenters. The van der Waals surface area contributed by atoms with Crippen LogP contribution in [0.1, 0.15) is 47.3 Å². The Bertz CT molecular complexity index is 561. The lowest BCUT2D eigenvalue weighted by molar-refractivity contribution is 0.0947. The lowest BCUT2D eigenvalue weighted by Gasteiger charge is -2.06. The van der Waals surface area contributed by atoms with Gasteiger partial charge in [0.05, 0.1) is 17.9 Å². The molecule has 0 aliphatic rings. The summed E-state index contributed by atoms with van der Waals surface area (Å²) in [5.41, 5.74) is 1.96. The zero-order valence-electron chi connectivity index (χ0n) is 11.3. The summed E-state index contributed by atoms with van der Waals surface area (Å²) < 4.78 is 5.20. The third kappa shape index (κ3) is 2.99. The molecule has 1 N–H and O–H groups in total. The highest BCUT2D eigenvalue weighted by molar-refractivity contribution is 5.96. The first kappa shape index (κ1) is 13.3. The van der Waals surface area contributed by atoms with Crippen molar-refractivity contribution in [1.82, 2.24) is 15.5 Å². The van der Waals surface area contributed by atoms with Gasteiger partial charge in [-0.3, -0.25) is 9.78 Å². The normalized spacial score (nSPS) is 10.7. The Morgan fingerprint density at radius 1 is 1.42 bits per heavy atom. The number of aromatic nitrogens is 2. The Morgan fingerprint density at radius 3 is 2.84 bits per heavy atom. The molecule has 100 valence electrons. The second-order valence-electron chi connectivity index (χ2n) is 4.67. The van der Waals surface area contributed by atoms with E-state index in [2.05, 4.69) is 15.5 Å². The highest BCUT2D eigenvalue weighted by Gasteiger charge is 2.22.